The average molecular weight is 362 g/mol. The number of para-hydroxylation sites is 1. The molecule has 1 aliphatic heterocycles. The van der Waals surface area contributed by atoms with Crippen molar-refractivity contribution in [3.05, 3.63) is 58.6 Å². The Morgan fingerprint density at radius 3 is 2.79 bits per heavy atom. The second-order valence-electron chi connectivity index (χ2n) is 5.75. The molecule has 124 valence electrons. The molecular weight excluding hydrogens is 346 g/mol. The lowest BCUT2D eigenvalue weighted by Crippen LogP contribution is -2.49. The molecule has 0 aliphatic carbocycles. The molecule has 1 unspecified atom stereocenters. The third-order valence-electron chi connectivity index (χ3n) is 3.97. The van der Waals surface area contributed by atoms with E-state index in [0.29, 0.717) is 16.3 Å². The van der Waals surface area contributed by atoms with E-state index in [4.69, 9.17) is 16.3 Å². The number of hydrogen-bond donors (Lipinski definition) is 1. The first-order valence-electron chi connectivity index (χ1n) is 7.39. The number of carbonyl (C=O) groups is 2. The Labute approximate surface area is 149 Å². The molecule has 1 atom stereocenters. The molecule has 1 aliphatic rings. The predicted molar refractivity (Wildman–Crippen MR) is 95.8 cm³/mol. The van der Waals surface area contributed by atoms with Crippen molar-refractivity contribution in [3.63, 3.8) is 0 Å². The number of fused-ring (bicyclic) bond motifs is 1. The molecule has 4 nitrogen and oxygen atoms in total. The van der Waals surface area contributed by atoms with Crippen molar-refractivity contribution in [2.45, 2.75) is 23.8 Å². The fourth-order valence-corrected chi connectivity index (χ4v) is 3.44. The summed E-state index contributed by atoms with van der Waals surface area (Å²) in [5, 5.41) is 3.39. The average Bonchev–Trinajstić information content (AvgIpc) is 2.54. The zero-order chi connectivity index (χ0) is 17.3. The molecule has 0 saturated carbocycles. The predicted octanol–water partition coefficient (Wildman–Crippen LogP) is 4.17. The number of esters is 1. The minimum absolute atomic E-state index is 0.280. The van der Waals surface area contributed by atoms with E-state index in [1.807, 2.05) is 30.5 Å². The Morgan fingerprint density at radius 2 is 2.04 bits per heavy atom. The minimum atomic E-state index is -1.28. The molecule has 24 heavy (non-hydrogen) atoms. The van der Waals surface area contributed by atoms with E-state index in [1.165, 1.54) is 11.8 Å². The molecule has 6 heteroatoms. The molecule has 0 saturated heterocycles. The highest BCUT2D eigenvalue weighted by Crippen LogP contribution is 2.32. The van der Waals surface area contributed by atoms with E-state index in [9.17, 15) is 9.59 Å². The molecule has 1 N–H and O–H groups in total. The van der Waals surface area contributed by atoms with Gasteiger partial charge in [0.15, 0.2) is 5.60 Å². The first kappa shape index (κ1) is 16.9. The molecule has 3 rings (SSSR count). The summed E-state index contributed by atoms with van der Waals surface area (Å²) in [6, 6.07) is 12.5. The van der Waals surface area contributed by atoms with Crippen molar-refractivity contribution in [1.82, 2.24) is 0 Å². The van der Waals surface area contributed by atoms with Gasteiger partial charge in [-0.2, -0.15) is 0 Å². The van der Waals surface area contributed by atoms with Gasteiger partial charge in [0.2, 0.25) is 0 Å². The SMILES string of the molecule is CSc1ccccc1NC(=O)C1(C)Cc2cc(Cl)ccc2C(=O)O1. The number of benzene rings is 2. The van der Waals surface area contributed by atoms with Crippen LogP contribution in [0.4, 0.5) is 5.69 Å². The molecule has 0 spiro atoms. The van der Waals surface area contributed by atoms with Crippen molar-refractivity contribution in [1.29, 1.82) is 0 Å². The highest BCUT2D eigenvalue weighted by Gasteiger charge is 2.42. The number of cyclic esters (lactones) is 1. The summed E-state index contributed by atoms with van der Waals surface area (Å²) in [4.78, 5) is 26.0. The van der Waals surface area contributed by atoms with Gasteiger partial charge in [-0.05, 0) is 49.1 Å². The van der Waals surface area contributed by atoms with E-state index in [1.54, 1.807) is 25.1 Å². The van der Waals surface area contributed by atoms with Crippen molar-refractivity contribution in [2.75, 3.05) is 11.6 Å². The number of halogens is 1. The fourth-order valence-electron chi connectivity index (χ4n) is 2.70. The number of carbonyl (C=O) groups excluding carboxylic acids is 2. The van der Waals surface area contributed by atoms with Crippen molar-refractivity contribution < 1.29 is 14.3 Å². The molecule has 1 amide bonds. The topological polar surface area (TPSA) is 55.4 Å². The van der Waals surface area contributed by atoms with Crippen LogP contribution < -0.4 is 5.32 Å². The summed E-state index contributed by atoms with van der Waals surface area (Å²) in [5.41, 5.74) is 0.591. The first-order valence-corrected chi connectivity index (χ1v) is 8.99. The van der Waals surface area contributed by atoms with E-state index in [2.05, 4.69) is 5.32 Å². The Balaban J connectivity index is 1.88. The maximum atomic E-state index is 12.8. The van der Waals surface area contributed by atoms with Crippen molar-refractivity contribution in [3.8, 4) is 0 Å². The van der Waals surface area contributed by atoms with E-state index >= 15 is 0 Å². The Kier molecular flexibility index (Phi) is 4.56. The number of amides is 1. The van der Waals surface area contributed by atoms with Crippen LogP contribution in [0.3, 0.4) is 0 Å². The number of nitrogens with one attached hydrogen (secondary N) is 1. The van der Waals surface area contributed by atoms with Crippen LogP contribution in [0.25, 0.3) is 0 Å². The van der Waals surface area contributed by atoms with Gasteiger partial charge in [-0.15, -0.1) is 11.8 Å². The Hall–Kier alpha value is -1.98. The second kappa shape index (κ2) is 6.49. The van der Waals surface area contributed by atoms with E-state index in [-0.39, 0.29) is 12.3 Å². The van der Waals surface area contributed by atoms with Gasteiger partial charge in [0.25, 0.3) is 5.91 Å². The van der Waals surface area contributed by atoms with Crippen LogP contribution in [0, 0.1) is 0 Å². The Morgan fingerprint density at radius 1 is 1.29 bits per heavy atom. The zero-order valence-electron chi connectivity index (χ0n) is 13.3. The largest absolute Gasteiger partial charge is 0.445 e. The van der Waals surface area contributed by atoms with Crippen LogP contribution in [0.1, 0.15) is 22.8 Å². The van der Waals surface area contributed by atoms with Gasteiger partial charge < -0.3 is 10.1 Å². The van der Waals surface area contributed by atoms with Gasteiger partial charge in [0.1, 0.15) is 0 Å². The van der Waals surface area contributed by atoms with Crippen LogP contribution in [0.5, 0.6) is 0 Å². The standard InChI is InChI=1S/C18H16ClNO3S/c1-18(17(22)20-14-5-3-4-6-15(14)24-2)10-11-9-12(19)7-8-13(11)16(21)23-18/h3-9H,10H2,1-2H3,(H,20,22). The summed E-state index contributed by atoms with van der Waals surface area (Å²) in [5.74, 6) is -0.869. The summed E-state index contributed by atoms with van der Waals surface area (Å²) in [6.45, 7) is 1.62. The summed E-state index contributed by atoms with van der Waals surface area (Å²) in [6.07, 6.45) is 2.22. The summed E-state index contributed by atoms with van der Waals surface area (Å²) >= 11 is 7.55. The normalized spacial score (nSPS) is 19.4. The summed E-state index contributed by atoms with van der Waals surface area (Å²) < 4.78 is 5.45. The van der Waals surface area contributed by atoms with Gasteiger partial charge in [-0.3, -0.25) is 4.79 Å². The second-order valence-corrected chi connectivity index (χ2v) is 7.04. The van der Waals surface area contributed by atoms with Gasteiger partial charge in [-0.1, -0.05) is 23.7 Å². The molecule has 0 fully saturated rings. The number of thioether (sulfide) groups is 1. The zero-order valence-corrected chi connectivity index (χ0v) is 14.8. The highest BCUT2D eigenvalue weighted by molar-refractivity contribution is 7.98. The van der Waals surface area contributed by atoms with Gasteiger partial charge in [0.05, 0.1) is 11.3 Å². The maximum absolute atomic E-state index is 12.8. The number of hydrogen-bond acceptors (Lipinski definition) is 4. The third-order valence-corrected chi connectivity index (χ3v) is 5.00. The van der Waals surface area contributed by atoms with Gasteiger partial charge in [-0.25, -0.2) is 4.79 Å². The quantitative estimate of drug-likeness (QED) is 0.658. The Bertz CT molecular complexity index is 824. The molecule has 1 heterocycles. The van der Waals surface area contributed by atoms with E-state index < -0.39 is 11.6 Å². The summed E-state index contributed by atoms with van der Waals surface area (Å²) in [7, 11) is 0. The molecular formula is C18H16ClNO3S. The lowest BCUT2D eigenvalue weighted by molar-refractivity contribution is -0.134. The van der Waals surface area contributed by atoms with Crippen LogP contribution in [0.2, 0.25) is 5.02 Å². The first-order chi connectivity index (χ1) is 11.4. The third kappa shape index (κ3) is 3.14. The van der Waals surface area contributed by atoms with Crippen LogP contribution in [-0.4, -0.2) is 23.7 Å². The molecule has 2 aromatic carbocycles. The van der Waals surface area contributed by atoms with Crippen molar-refractivity contribution in [2.24, 2.45) is 0 Å². The smallest absolute Gasteiger partial charge is 0.339 e. The number of ether oxygens (including phenoxy) is 1. The fraction of sp³-hybridized carbons (Fsp3) is 0.222. The lowest BCUT2D eigenvalue weighted by Gasteiger charge is -2.33. The van der Waals surface area contributed by atoms with Crippen LogP contribution in [0.15, 0.2) is 47.4 Å². The monoisotopic (exact) mass is 361 g/mol. The lowest BCUT2D eigenvalue weighted by atomic mass is 9.89. The molecule has 0 bridgehead atoms. The van der Waals surface area contributed by atoms with Crippen LogP contribution >= 0.6 is 23.4 Å². The molecule has 2 aromatic rings. The maximum Gasteiger partial charge on any atom is 0.339 e. The highest BCUT2D eigenvalue weighted by atomic mass is 35.5. The van der Waals surface area contributed by atoms with Gasteiger partial charge >= 0.3 is 5.97 Å². The number of anilines is 1. The van der Waals surface area contributed by atoms with Crippen LogP contribution in [-0.2, 0) is 16.0 Å². The number of rotatable bonds is 3. The molecule has 0 aromatic heterocycles. The van der Waals surface area contributed by atoms with E-state index in [0.717, 1.165) is 10.5 Å². The minimum Gasteiger partial charge on any atom is -0.445 e. The van der Waals surface area contributed by atoms with Gasteiger partial charge in [0, 0.05) is 16.3 Å². The molecule has 0 radical (unpaired) electrons. The van der Waals surface area contributed by atoms with Crippen molar-refractivity contribution >= 4 is 40.9 Å².